The van der Waals surface area contributed by atoms with Gasteiger partial charge in [-0.05, 0) is 79.2 Å². The summed E-state index contributed by atoms with van der Waals surface area (Å²) in [7, 11) is 0. The molecule has 1 aliphatic rings. The van der Waals surface area contributed by atoms with E-state index in [-0.39, 0.29) is 11.7 Å². The van der Waals surface area contributed by atoms with E-state index < -0.39 is 0 Å². The lowest BCUT2D eigenvalue weighted by atomic mass is 10.2. The van der Waals surface area contributed by atoms with Gasteiger partial charge in [-0.3, -0.25) is 9.69 Å². The van der Waals surface area contributed by atoms with Gasteiger partial charge in [0, 0.05) is 6.54 Å². The highest BCUT2D eigenvalue weighted by Gasteiger charge is 2.32. The van der Waals surface area contributed by atoms with E-state index in [1.54, 1.807) is 17.0 Å². The summed E-state index contributed by atoms with van der Waals surface area (Å²) in [6, 6.07) is 9.96. The Kier molecular flexibility index (Phi) is 7.53. The summed E-state index contributed by atoms with van der Waals surface area (Å²) in [4.78, 5) is 14.9. The zero-order valence-electron chi connectivity index (χ0n) is 15.7. The van der Waals surface area contributed by atoms with Gasteiger partial charge in [-0.15, -0.1) is 0 Å². The van der Waals surface area contributed by atoms with Gasteiger partial charge >= 0.3 is 0 Å². The molecule has 0 aromatic heterocycles. The summed E-state index contributed by atoms with van der Waals surface area (Å²) in [5, 5.41) is 0. The minimum Gasteiger partial charge on any atom is -0.487 e. The third kappa shape index (κ3) is 5.69. The normalized spacial score (nSPS) is 15.7. The van der Waals surface area contributed by atoms with Crippen LogP contribution in [0.1, 0.15) is 25.0 Å². The average Bonchev–Trinajstić information content (AvgIpc) is 2.89. The number of hydrogen-bond acceptors (Lipinski definition) is 4. The summed E-state index contributed by atoms with van der Waals surface area (Å²) in [6.45, 7) is 5.04. The molecule has 0 atom stereocenters. The molecule has 1 aliphatic heterocycles. The van der Waals surface area contributed by atoms with Crippen molar-refractivity contribution in [3.63, 3.8) is 0 Å². The molecule has 8 heteroatoms. The Morgan fingerprint density at radius 1 is 1.21 bits per heavy atom. The van der Waals surface area contributed by atoms with Crippen molar-refractivity contribution in [3.05, 3.63) is 67.2 Å². The van der Waals surface area contributed by atoms with Gasteiger partial charge in [-0.2, -0.15) is 0 Å². The van der Waals surface area contributed by atoms with Crippen molar-refractivity contribution in [2.75, 3.05) is 6.54 Å². The van der Waals surface area contributed by atoms with Crippen molar-refractivity contribution in [1.29, 1.82) is 0 Å². The number of amides is 1. The molecule has 3 rings (SSSR count). The Bertz CT molecular complexity index is 954. The fraction of sp³-hybridized carbons (Fsp3) is 0.238. The molecule has 152 valence electrons. The maximum absolute atomic E-state index is 13.0. The Labute approximate surface area is 195 Å². The van der Waals surface area contributed by atoms with Crippen molar-refractivity contribution >= 4 is 72.1 Å². The second-order valence-corrected chi connectivity index (χ2v) is 10.3. The maximum atomic E-state index is 13.0. The molecular formula is C21H18Br2FNO2S2. The summed E-state index contributed by atoms with van der Waals surface area (Å²) >= 11 is 13.7. The minimum atomic E-state index is -0.278. The molecule has 0 N–H and O–H groups in total. The predicted octanol–water partition coefficient (Wildman–Crippen LogP) is 6.79. The van der Waals surface area contributed by atoms with Gasteiger partial charge in [0.25, 0.3) is 5.91 Å². The van der Waals surface area contributed by atoms with E-state index >= 15 is 0 Å². The van der Waals surface area contributed by atoms with Crippen LogP contribution in [-0.4, -0.2) is 21.7 Å². The lowest BCUT2D eigenvalue weighted by Crippen LogP contribution is -2.31. The van der Waals surface area contributed by atoms with E-state index in [0.29, 0.717) is 34.0 Å². The molecular weight excluding hydrogens is 541 g/mol. The van der Waals surface area contributed by atoms with Crippen molar-refractivity contribution < 1.29 is 13.9 Å². The number of halogens is 3. The highest BCUT2D eigenvalue weighted by Crippen LogP contribution is 2.38. The topological polar surface area (TPSA) is 29.5 Å². The molecule has 0 spiro atoms. The van der Waals surface area contributed by atoms with Gasteiger partial charge in [0.1, 0.15) is 22.5 Å². The van der Waals surface area contributed by atoms with Crippen molar-refractivity contribution in [2.45, 2.75) is 20.5 Å². The summed E-state index contributed by atoms with van der Waals surface area (Å²) < 4.78 is 21.0. The SMILES string of the molecule is CC(C)CN1C(=O)/C(=C/c2cc(Br)c(OCc3ccc(F)cc3)c(Br)c2)SC1=S. The van der Waals surface area contributed by atoms with Crippen LogP contribution < -0.4 is 4.74 Å². The number of carbonyl (C=O) groups is 1. The van der Waals surface area contributed by atoms with Gasteiger partial charge in [0.15, 0.2) is 0 Å². The summed E-state index contributed by atoms with van der Waals surface area (Å²) in [5.41, 5.74) is 1.71. The monoisotopic (exact) mass is 557 g/mol. The van der Waals surface area contributed by atoms with E-state index in [0.717, 1.165) is 20.1 Å². The zero-order chi connectivity index (χ0) is 21.1. The lowest BCUT2D eigenvalue weighted by Gasteiger charge is -2.16. The van der Waals surface area contributed by atoms with Crippen molar-refractivity contribution in [2.24, 2.45) is 5.92 Å². The molecule has 0 unspecified atom stereocenters. The fourth-order valence-electron chi connectivity index (χ4n) is 2.71. The molecule has 2 aromatic carbocycles. The molecule has 2 aromatic rings. The molecule has 29 heavy (non-hydrogen) atoms. The number of thiocarbonyl (C=S) groups is 1. The van der Waals surface area contributed by atoms with Gasteiger partial charge in [-0.1, -0.05) is 50.0 Å². The third-order valence-corrected chi connectivity index (χ3v) is 6.59. The molecule has 0 bridgehead atoms. The fourth-order valence-corrected chi connectivity index (χ4v) is 5.44. The van der Waals surface area contributed by atoms with Gasteiger partial charge in [-0.25, -0.2) is 4.39 Å². The Hall–Kier alpha value is -1.22. The molecule has 0 saturated carbocycles. The zero-order valence-corrected chi connectivity index (χ0v) is 20.6. The third-order valence-electron chi connectivity index (χ3n) is 4.04. The number of rotatable bonds is 6. The molecule has 1 heterocycles. The molecule has 3 nitrogen and oxygen atoms in total. The van der Waals surface area contributed by atoms with E-state index in [9.17, 15) is 9.18 Å². The first-order valence-corrected chi connectivity index (χ1v) is 11.7. The summed E-state index contributed by atoms with van der Waals surface area (Å²) in [6.07, 6.45) is 1.83. The van der Waals surface area contributed by atoms with Crippen molar-refractivity contribution in [1.82, 2.24) is 4.90 Å². The number of ether oxygens (including phenoxy) is 1. The lowest BCUT2D eigenvalue weighted by molar-refractivity contribution is -0.122. The average molecular weight is 559 g/mol. The highest BCUT2D eigenvalue weighted by atomic mass is 79.9. The largest absolute Gasteiger partial charge is 0.487 e. The van der Waals surface area contributed by atoms with E-state index in [4.69, 9.17) is 17.0 Å². The van der Waals surface area contributed by atoms with Crippen LogP contribution >= 0.6 is 55.8 Å². The summed E-state index contributed by atoms with van der Waals surface area (Å²) in [5.74, 6) is 0.647. The number of thioether (sulfide) groups is 1. The standard InChI is InChI=1S/C21H18Br2FNO2S2/c1-12(2)10-25-20(26)18(29-21(25)28)9-14-7-16(22)19(17(23)8-14)27-11-13-3-5-15(24)6-4-13/h3-9,12H,10-11H2,1-2H3/b18-9-. The highest BCUT2D eigenvalue weighted by molar-refractivity contribution is 9.11. The second kappa shape index (κ2) is 9.73. The van der Waals surface area contributed by atoms with Crippen molar-refractivity contribution in [3.8, 4) is 5.75 Å². The smallest absolute Gasteiger partial charge is 0.266 e. The second-order valence-electron chi connectivity index (χ2n) is 6.91. The first kappa shape index (κ1) is 22.5. The minimum absolute atomic E-state index is 0.0578. The van der Waals surface area contributed by atoms with E-state index in [1.165, 1.54) is 23.9 Å². The maximum Gasteiger partial charge on any atom is 0.266 e. The van der Waals surface area contributed by atoms with Gasteiger partial charge in [0.2, 0.25) is 0 Å². The van der Waals surface area contributed by atoms with Crippen LogP contribution in [0.15, 0.2) is 50.2 Å². The first-order chi connectivity index (χ1) is 13.7. The molecule has 1 saturated heterocycles. The number of benzene rings is 2. The Morgan fingerprint density at radius 2 is 1.83 bits per heavy atom. The number of carbonyl (C=O) groups excluding carboxylic acids is 1. The first-order valence-electron chi connectivity index (χ1n) is 8.86. The van der Waals surface area contributed by atoms with Gasteiger partial charge in [0.05, 0.1) is 13.9 Å². The molecule has 1 fully saturated rings. The predicted molar refractivity (Wildman–Crippen MR) is 127 cm³/mol. The van der Waals surface area contributed by atoms with Gasteiger partial charge < -0.3 is 4.74 Å². The van der Waals surface area contributed by atoms with Crippen LogP contribution in [0.2, 0.25) is 0 Å². The quantitative estimate of drug-likeness (QED) is 0.288. The van der Waals surface area contributed by atoms with Crippen LogP contribution in [0.25, 0.3) is 6.08 Å². The van der Waals surface area contributed by atoms with E-state index in [2.05, 4.69) is 45.7 Å². The van der Waals surface area contributed by atoms with Crippen LogP contribution in [0.4, 0.5) is 4.39 Å². The van der Waals surface area contributed by atoms with Crippen LogP contribution in [0.3, 0.4) is 0 Å². The Morgan fingerprint density at radius 3 is 2.41 bits per heavy atom. The number of hydrogen-bond donors (Lipinski definition) is 0. The molecule has 0 radical (unpaired) electrons. The van der Waals surface area contributed by atoms with Crippen LogP contribution in [0.5, 0.6) is 5.75 Å². The molecule has 1 amide bonds. The van der Waals surface area contributed by atoms with E-state index in [1.807, 2.05) is 18.2 Å². The van der Waals surface area contributed by atoms with Crippen LogP contribution in [-0.2, 0) is 11.4 Å². The number of nitrogens with zero attached hydrogens (tertiary/aromatic N) is 1. The van der Waals surface area contributed by atoms with Crippen LogP contribution in [0, 0.1) is 11.7 Å². The Balaban J connectivity index is 1.77. The molecule has 0 aliphatic carbocycles.